The summed E-state index contributed by atoms with van der Waals surface area (Å²) in [5, 5.41) is 12.3. The van der Waals surface area contributed by atoms with E-state index < -0.39 is 22.9 Å². The highest BCUT2D eigenvalue weighted by Crippen LogP contribution is 2.54. The normalized spacial score (nSPS) is 16.7. The van der Waals surface area contributed by atoms with Crippen molar-refractivity contribution in [2.24, 2.45) is 0 Å². The zero-order valence-corrected chi connectivity index (χ0v) is 21.3. The van der Waals surface area contributed by atoms with E-state index in [9.17, 15) is 14.3 Å². The standard InChI is InChI=1S/C34H26FNO3/c1-39-29-20-17-27(18-21-29)34(38)30-23-28(35)19-22-31(30)36(32(34)37)33(24-11-5-2-6-12-24,25-13-7-3-8-14-25)26-15-9-4-10-16-26/h2-23,38H,1H3. The second kappa shape index (κ2) is 9.53. The third-order valence-corrected chi connectivity index (χ3v) is 7.52. The predicted molar refractivity (Wildman–Crippen MR) is 149 cm³/mol. The molecule has 1 unspecified atom stereocenters. The Balaban J connectivity index is 1.72. The number of hydrogen-bond acceptors (Lipinski definition) is 3. The van der Waals surface area contributed by atoms with Crippen LogP contribution in [0.2, 0.25) is 0 Å². The second-order valence-electron chi connectivity index (χ2n) is 9.55. The zero-order valence-electron chi connectivity index (χ0n) is 21.3. The van der Waals surface area contributed by atoms with E-state index in [4.69, 9.17) is 4.74 Å². The van der Waals surface area contributed by atoms with Crippen LogP contribution in [0, 0.1) is 5.82 Å². The Morgan fingerprint density at radius 3 is 1.67 bits per heavy atom. The lowest BCUT2D eigenvalue weighted by Crippen LogP contribution is -2.53. The Morgan fingerprint density at radius 2 is 1.21 bits per heavy atom. The number of hydrogen-bond donors (Lipinski definition) is 1. The number of amides is 1. The maximum atomic E-state index is 14.8. The number of nitrogens with zero attached hydrogens (tertiary/aromatic N) is 1. The summed E-state index contributed by atoms with van der Waals surface area (Å²) in [6.07, 6.45) is 0. The van der Waals surface area contributed by atoms with Gasteiger partial charge < -0.3 is 9.84 Å². The Bertz CT molecular complexity index is 1530. The first-order chi connectivity index (χ1) is 19.0. The molecule has 4 nitrogen and oxygen atoms in total. The number of carbonyl (C=O) groups is 1. The maximum Gasteiger partial charge on any atom is 0.269 e. The molecule has 0 saturated heterocycles. The van der Waals surface area contributed by atoms with Gasteiger partial charge in [-0.3, -0.25) is 9.69 Å². The van der Waals surface area contributed by atoms with Gasteiger partial charge in [0, 0.05) is 5.56 Å². The number of rotatable bonds is 6. The molecule has 0 aromatic heterocycles. The largest absolute Gasteiger partial charge is 0.497 e. The first-order valence-corrected chi connectivity index (χ1v) is 12.7. The minimum atomic E-state index is -2.13. The Labute approximate surface area is 226 Å². The van der Waals surface area contributed by atoms with Gasteiger partial charge in [0.1, 0.15) is 17.1 Å². The minimum absolute atomic E-state index is 0.185. The lowest BCUT2D eigenvalue weighted by molar-refractivity contribution is -0.133. The number of halogens is 1. The smallest absolute Gasteiger partial charge is 0.269 e. The molecule has 5 aromatic carbocycles. The summed E-state index contributed by atoms with van der Waals surface area (Å²) >= 11 is 0. The molecule has 0 saturated carbocycles. The maximum absolute atomic E-state index is 14.8. The highest BCUT2D eigenvalue weighted by Gasteiger charge is 2.58. The molecule has 0 fully saturated rings. The zero-order chi connectivity index (χ0) is 27.0. The first-order valence-electron chi connectivity index (χ1n) is 12.7. The van der Waals surface area contributed by atoms with Crippen molar-refractivity contribution in [3.8, 4) is 5.75 Å². The molecule has 1 N–H and O–H groups in total. The van der Waals surface area contributed by atoms with E-state index in [-0.39, 0.29) is 5.56 Å². The molecule has 5 aromatic rings. The van der Waals surface area contributed by atoms with Gasteiger partial charge in [0.25, 0.3) is 5.91 Å². The van der Waals surface area contributed by atoms with Crippen molar-refractivity contribution in [3.05, 3.63) is 167 Å². The summed E-state index contributed by atoms with van der Waals surface area (Å²) in [5.74, 6) is -0.541. The Morgan fingerprint density at radius 1 is 0.718 bits per heavy atom. The molecule has 192 valence electrons. The average Bonchev–Trinajstić information content (AvgIpc) is 3.22. The number of anilines is 1. The quantitative estimate of drug-likeness (QED) is 0.266. The van der Waals surface area contributed by atoms with Gasteiger partial charge in [-0.05, 0) is 52.6 Å². The predicted octanol–water partition coefficient (Wildman–Crippen LogP) is 6.41. The van der Waals surface area contributed by atoms with Crippen molar-refractivity contribution in [2.45, 2.75) is 11.1 Å². The Hall–Kier alpha value is -4.74. The van der Waals surface area contributed by atoms with Gasteiger partial charge in [-0.15, -0.1) is 0 Å². The van der Waals surface area contributed by atoms with Crippen molar-refractivity contribution in [1.82, 2.24) is 0 Å². The first kappa shape index (κ1) is 24.6. The molecule has 1 atom stereocenters. The third-order valence-electron chi connectivity index (χ3n) is 7.52. The van der Waals surface area contributed by atoms with E-state index >= 15 is 0 Å². The summed E-state index contributed by atoms with van der Waals surface area (Å²) in [6.45, 7) is 0. The fraction of sp³-hybridized carbons (Fsp3) is 0.0882. The van der Waals surface area contributed by atoms with Gasteiger partial charge in [0.05, 0.1) is 12.8 Å². The molecule has 6 rings (SSSR count). The number of fused-ring (bicyclic) bond motifs is 1. The van der Waals surface area contributed by atoms with Crippen LogP contribution < -0.4 is 9.64 Å². The van der Waals surface area contributed by atoms with Crippen LogP contribution in [0.15, 0.2) is 133 Å². The van der Waals surface area contributed by atoms with Crippen molar-refractivity contribution in [2.75, 3.05) is 12.0 Å². The molecule has 1 aliphatic rings. The van der Waals surface area contributed by atoms with Gasteiger partial charge in [-0.1, -0.05) is 103 Å². The van der Waals surface area contributed by atoms with Crippen molar-refractivity contribution in [3.63, 3.8) is 0 Å². The van der Waals surface area contributed by atoms with E-state index in [0.29, 0.717) is 17.0 Å². The lowest BCUT2D eigenvalue weighted by Gasteiger charge is -2.44. The van der Waals surface area contributed by atoms with Crippen LogP contribution in [0.5, 0.6) is 5.75 Å². The molecule has 5 heteroatoms. The fourth-order valence-electron chi connectivity index (χ4n) is 5.75. The van der Waals surface area contributed by atoms with Crippen LogP contribution in [0.1, 0.15) is 27.8 Å². The number of ether oxygens (including phenoxy) is 1. The van der Waals surface area contributed by atoms with Crippen molar-refractivity contribution < 1.29 is 19.0 Å². The third kappa shape index (κ3) is 3.66. The van der Waals surface area contributed by atoms with Crippen LogP contribution >= 0.6 is 0 Å². The fourth-order valence-corrected chi connectivity index (χ4v) is 5.75. The highest BCUT2D eigenvalue weighted by molar-refractivity contribution is 6.11. The number of carbonyl (C=O) groups excluding carboxylic acids is 1. The highest BCUT2D eigenvalue weighted by atomic mass is 19.1. The van der Waals surface area contributed by atoms with E-state index in [1.807, 2.05) is 91.0 Å². The number of aliphatic hydroxyl groups is 1. The summed E-state index contributed by atoms with van der Waals surface area (Å²) in [7, 11) is 1.55. The monoisotopic (exact) mass is 515 g/mol. The lowest BCUT2D eigenvalue weighted by atomic mass is 9.75. The van der Waals surface area contributed by atoms with Crippen LogP contribution in [0.25, 0.3) is 0 Å². The van der Waals surface area contributed by atoms with Crippen molar-refractivity contribution >= 4 is 11.6 Å². The molecular formula is C34H26FNO3. The summed E-state index contributed by atoms with van der Waals surface area (Å²) in [5.41, 5.74) is 0.101. The van der Waals surface area contributed by atoms with E-state index in [2.05, 4.69) is 0 Å². The molecule has 1 aliphatic heterocycles. The molecule has 0 aliphatic carbocycles. The molecular weight excluding hydrogens is 489 g/mol. The molecule has 1 heterocycles. The van der Waals surface area contributed by atoms with Gasteiger partial charge in [-0.2, -0.15) is 0 Å². The van der Waals surface area contributed by atoms with Crippen LogP contribution in [0.3, 0.4) is 0 Å². The van der Waals surface area contributed by atoms with Crippen LogP contribution in [0.4, 0.5) is 10.1 Å². The summed E-state index contributed by atoms with van der Waals surface area (Å²) in [6, 6.07) is 40.0. The SMILES string of the molecule is COc1ccc(C2(O)C(=O)N(C(c3ccccc3)(c3ccccc3)c3ccccc3)c3ccc(F)cc32)cc1. The van der Waals surface area contributed by atoms with E-state index in [0.717, 1.165) is 16.7 Å². The number of benzene rings is 5. The Kier molecular flexibility index (Phi) is 6.01. The average molecular weight is 516 g/mol. The molecule has 1 amide bonds. The second-order valence-corrected chi connectivity index (χ2v) is 9.55. The van der Waals surface area contributed by atoms with Crippen LogP contribution in [-0.4, -0.2) is 18.1 Å². The van der Waals surface area contributed by atoms with Gasteiger partial charge >= 0.3 is 0 Å². The molecule has 0 spiro atoms. The molecule has 0 bridgehead atoms. The summed E-state index contributed by atoms with van der Waals surface area (Å²) in [4.78, 5) is 16.5. The molecule has 39 heavy (non-hydrogen) atoms. The van der Waals surface area contributed by atoms with Crippen LogP contribution in [-0.2, 0) is 15.9 Å². The number of methoxy groups -OCH3 is 1. The summed E-state index contributed by atoms with van der Waals surface area (Å²) < 4.78 is 20.1. The van der Waals surface area contributed by atoms with Crippen molar-refractivity contribution in [1.29, 1.82) is 0 Å². The van der Waals surface area contributed by atoms with Gasteiger partial charge in [0.15, 0.2) is 5.60 Å². The molecule has 0 radical (unpaired) electrons. The van der Waals surface area contributed by atoms with E-state index in [1.165, 1.54) is 12.1 Å². The van der Waals surface area contributed by atoms with E-state index in [1.54, 1.807) is 42.3 Å². The minimum Gasteiger partial charge on any atom is -0.497 e. The topological polar surface area (TPSA) is 49.8 Å². The van der Waals surface area contributed by atoms with Gasteiger partial charge in [0.2, 0.25) is 0 Å². The van der Waals surface area contributed by atoms with Gasteiger partial charge in [-0.25, -0.2) is 4.39 Å².